The van der Waals surface area contributed by atoms with E-state index in [9.17, 15) is 4.79 Å². The first kappa shape index (κ1) is 15.4. The van der Waals surface area contributed by atoms with Crippen LogP contribution in [-0.2, 0) is 11.3 Å². The number of imidazole rings is 1. The number of rotatable bonds is 4. The van der Waals surface area contributed by atoms with Gasteiger partial charge in [0.15, 0.2) is 0 Å². The Morgan fingerprint density at radius 3 is 2.88 bits per heavy atom. The van der Waals surface area contributed by atoms with Crippen molar-refractivity contribution in [2.24, 2.45) is 0 Å². The van der Waals surface area contributed by atoms with Crippen LogP contribution in [0.15, 0.2) is 36.7 Å². The van der Waals surface area contributed by atoms with Gasteiger partial charge in [-0.3, -0.25) is 4.79 Å². The molecule has 1 saturated heterocycles. The van der Waals surface area contributed by atoms with Crippen molar-refractivity contribution in [2.75, 3.05) is 18.0 Å². The van der Waals surface area contributed by atoms with E-state index in [-0.39, 0.29) is 11.9 Å². The van der Waals surface area contributed by atoms with Crippen LogP contribution >= 0.6 is 0 Å². The van der Waals surface area contributed by atoms with Crippen molar-refractivity contribution in [3.63, 3.8) is 0 Å². The lowest BCUT2D eigenvalue weighted by Crippen LogP contribution is -2.40. The minimum Gasteiger partial charge on any atom is -0.335 e. The lowest BCUT2D eigenvalue weighted by atomic mass is 9.98. The smallest absolute Gasteiger partial charge is 0.244 e. The van der Waals surface area contributed by atoms with Gasteiger partial charge in [-0.1, -0.05) is 17.7 Å². The molecule has 0 unspecified atom stereocenters. The van der Waals surface area contributed by atoms with Gasteiger partial charge < -0.3 is 14.8 Å². The summed E-state index contributed by atoms with van der Waals surface area (Å²) in [6, 6.07) is 8.12. The average molecular weight is 324 g/mol. The molecule has 2 aromatic rings. The molecule has 0 spiro atoms. The highest BCUT2D eigenvalue weighted by Crippen LogP contribution is 2.26. The summed E-state index contributed by atoms with van der Waals surface area (Å²) in [6.07, 6.45) is 7.14. The highest BCUT2D eigenvalue weighted by molar-refractivity contribution is 5.99. The standard InChI is InChI=1S/C19H24N4O/c1-14-4-6-16(7-5-14)23-11-8-17(19(23)24)21-13-15-3-2-10-22-12-9-20-18(15)22/h4-7,9,12,15,17,21H,2-3,8,10-11,13H2,1H3/t15-,17+/m1/s1. The molecule has 0 aliphatic carbocycles. The monoisotopic (exact) mass is 324 g/mol. The number of nitrogens with zero attached hydrogens (tertiary/aromatic N) is 3. The zero-order valence-electron chi connectivity index (χ0n) is 14.1. The first-order valence-electron chi connectivity index (χ1n) is 8.85. The Bertz CT molecular complexity index is 721. The lowest BCUT2D eigenvalue weighted by Gasteiger charge is -2.25. The predicted octanol–water partition coefficient (Wildman–Crippen LogP) is 2.46. The summed E-state index contributed by atoms with van der Waals surface area (Å²) in [7, 11) is 0. The van der Waals surface area contributed by atoms with Gasteiger partial charge in [0.1, 0.15) is 5.82 Å². The molecular formula is C19H24N4O. The molecule has 2 aliphatic heterocycles. The molecule has 0 radical (unpaired) electrons. The van der Waals surface area contributed by atoms with Crippen LogP contribution in [0.2, 0.25) is 0 Å². The third-order valence-corrected chi connectivity index (χ3v) is 5.23. The number of hydrogen-bond donors (Lipinski definition) is 1. The molecule has 1 aromatic carbocycles. The first-order valence-corrected chi connectivity index (χ1v) is 8.85. The van der Waals surface area contributed by atoms with E-state index in [1.54, 1.807) is 0 Å². The number of fused-ring (bicyclic) bond motifs is 1. The molecule has 2 atom stereocenters. The number of benzene rings is 1. The molecule has 1 N–H and O–H groups in total. The fraction of sp³-hybridized carbons (Fsp3) is 0.474. The Kier molecular flexibility index (Phi) is 4.10. The van der Waals surface area contributed by atoms with Crippen LogP contribution in [0.4, 0.5) is 5.69 Å². The third-order valence-electron chi connectivity index (χ3n) is 5.23. The van der Waals surface area contributed by atoms with Crippen LogP contribution in [0.5, 0.6) is 0 Å². The first-order chi connectivity index (χ1) is 11.7. The van der Waals surface area contributed by atoms with Gasteiger partial charge in [0.05, 0.1) is 6.04 Å². The molecule has 24 heavy (non-hydrogen) atoms. The van der Waals surface area contributed by atoms with Crippen LogP contribution in [0.3, 0.4) is 0 Å². The van der Waals surface area contributed by atoms with Crippen LogP contribution in [-0.4, -0.2) is 34.6 Å². The molecule has 3 heterocycles. The minimum absolute atomic E-state index is 0.0726. The number of aromatic nitrogens is 2. The number of nitrogens with one attached hydrogen (secondary N) is 1. The number of anilines is 1. The molecule has 4 rings (SSSR count). The average Bonchev–Trinajstić information content (AvgIpc) is 3.21. The largest absolute Gasteiger partial charge is 0.335 e. The van der Waals surface area contributed by atoms with Gasteiger partial charge in [-0.25, -0.2) is 4.98 Å². The zero-order valence-corrected chi connectivity index (χ0v) is 14.1. The van der Waals surface area contributed by atoms with E-state index >= 15 is 0 Å². The summed E-state index contributed by atoms with van der Waals surface area (Å²) in [5, 5.41) is 3.50. The number of hydrogen-bond acceptors (Lipinski definition) is 3. The number of carbonyl (C=O) groups is 1. The lowest BCUT2D eigenvalue weighted by molar-refractivity contribution is -0.118. The topological polar surface area (TPSA) is 50.2 Å². The van der Waals surface area contributed by atoms with Gasteiger partial charge in [-0.05, 0) is 38.3 Å². The molecule has 1 fully saturated rings. The van der Waals surface area contributed by atoms with Gasteiger partial charge in [0, 0.05) is 43.6 Å². The summed E-state index contributed by atoms with van der Waals surface area (Å²) < 4.78 is 2.24. The maximum absolute atomic E-state index is 12.7. The highest BCUT2D eigenvalue weighted by Gasteiger charge is 2.33. The Hall–Kier alpha value is -2.14. The Morgan fingerprint density at radius 2 is 2.04 bits per heavy atom. The second-order valence-corrected chi connectivity index (χ2v) is 6.89. The second kappa shape index (κ2) is 6.40. The summed E-state index contributed by atoms with van der Waals surface area (Å²) in [4.78, 5) is 19.1. The molecule has 0 saturated carbocycles. The summed E-state index contributed by atoms with van der Waals surface area (Å²) in [6.45, 7) is 4.75. The van der Waals surface area contributed by atoms with Crippen molar-refractivity contribution in [1.29, 1.82) is 0 Å². The van der Waals surface area contributed by atoms with Crippen LogP contribution in [0, 0.1) is 6.92 Å². The van der Waals surface area contributed by atoms with Gasteiger partial charge in [-0.2, -0.15) is 0 Å². The van der Waals surface area contributed by atoms with Crippen molar-refractivity contribution < 1.29 is 4.79 Å². The zero-order chi connectivity index (χ0) is 16.5. The molecule has 1 aromatic heterocycles. The van der Waals surface area contributed by atoms with Crippen molar-refractivity contribution in [3.05, 3.63) is 48.0 Å². The summed E-state index contributed by atoms with van der Waals surface area (Å²) in [5.41, 5.74) is 2.22. The van der Waals surface area contributed by atoms with Gasteiger partial charge in [-0.15, -0.1) is 0 Å². The normalized spacial score (nSPS) is 23.5. The number of amides is 1. The molecule has 2 aliphatic rings. The summed E-state index contributed by atoms with van der Waals surface area (Å²) in [5.74, 6) is 1.77. The Morgan fingerprint density at radius 1 is 1.21 bits per heavy atom. The Balaban J connectivity index is 1.39. The summed E-state index contributed by atoms with van der Waals surface area (Å²) >= 11 is 0. The van der Waals surface area contributed by atoms with Gasteiger partial charge in [0.2, 0.25) is 5.91 Å². The molecule has 0 bridgehead atoms. The van der Waals surface area contributed by atoms with Crippen LogP contribution in [0.25, 0.3) is 0 Å². The molecule has 1 amide bonds. The quantitative estimate of drug-likeness (QED) is 0.940. The van der Waals surface area contributed by atoms with E-state index in [0.717, 1.165) is 44.0 Å². The molecule has 5 nitrogen and oxygen atoms in total. The van der Waals surface area contributed by atoms with E-state index in [0.29, 0.717) is 5.92 Å². The van der Waals surface area contributed by atoms with Crippen LogP contribution < -0.4 is 10.2 Å². The fourth-order valence-electron chi connectivity index (χ4n) is 3.84. The van der Waals surface area contributed by atoms with E-state index in [1.807, 2.05) is 23.2 Å². The molecule has 5 heteroatoms. The van der Waals surface area contributed by atoms with E-state index in [4.69, 9.17) is 0 Å². The van der Waals surface area contributed by atoms with E-state index < -0.39 is 0 Å². The van der Waals surface area contributed by atoms with E-state index in [1.165, 1.54) is 12.0 Å². The van der Waals surface area contributed by atoms with Crippen molar-refractivity contribution in [1.82, 2.24) is 14.9 Å². The second-order valence-electron chi connectivity index (χ2n) is 6.89. The van der Waals surface area contributed by atoms with Gasteiger partial charge >= 0.3 is 0 Å². The van der Waals surface area contributed by atoms with E-state index in [2.05, 4.69) is 40.1 Å². The van der Waals surface area contributed by atoms with Crippen molar-refractivity contribution in [2.45, 2.75) is 44.7 Å². The minimum atomic E-state index is -0.0726. The number of carbonyl (C=O) groups excluding carboxylic acids is 1. The van der Waals surface area contributed by atoms with Crippen molar-refractivity contribution >= 4 is 11.6 Å². The third kappa shape index (κ3) is 2.84. The van der Waals surface area contributed by atoms with Gasteiger partial charge in [0.25, 0.3) is 0 Å². The highest BCUT2D eigenvalue weighted by atomic mass is 16.2. The predicted molar refractivity (Wildman–Crippen MR) is 94.1 cm³/mol. The number of aryl methyl sites for hydroxylation is 2. The maximum Gasteiger partial charge on any atom is 0.244 e. The maximum atomic E-state index is 12.7. The fourth-order valence-corrected chi connectivity index (χ4v) is 3.84. The molecular weight excluding hydrogens is 300 g/mol. The molecule has 126 valence electrons. The van der Waals surface area contributed by atoms with Crippen molar-refractivity contribution in [3.8, 4) is 0 Å². The van der Waals surface area contributed by atoms with Crippen LogP contribution in [0.1, 0.15) is 36.6 Å². The SMILES string of the molecule is Cc1ccc(N2CC[C@H](NC[C@H]3CCCn4ccnc43)C2=O)cc1. The Labute approximate surface area is 142 Å².